The molecule has 1 saturated heterocycles. The van der Waals surface area contributed by atoms with Crippen molar-refractivity contribution in [3.05, 3.63) is 64.2 Å². The number of nitrogens with zero attached hydrogens (tertiary/aromatic N) is 1. The molecule has 6 nitrogen and oxygen atoms in total. The maximum atomic E-state index is 13.1. The summed E-state index contributed by atoms with van der Waals surface area (Å²) >= 11 is 6.16. The number of carbonyl (C=O) groups is 2. The van der Waals surface area contributed by atoms with Crippen LogP contribution < -0.4 is 0 Å². The molecule has 31 heavy (non-hydrogen) atoms. The monoisotopic (exact) mass is 463 g/mol. The number of sulfonamides is 1. The first-order chi connectivity index (χ1) is 14.7. The minimum absolute atomic E-state index is 0.0298. The highest BCUT2D eigenvalue weighted by molar-refractivity contribution is 7.89. The molecule has 0 radical (unpaired) electrons. The van der Waals surface area contributed by atoms with E-state index in [4.69, 9.17) is 16.3 Å². The average molecular weight is 464 g/mol. The van der Waals surface area contributed by atoms with Gasteiger partial charge in [0.25, 0.3) is 0 Å². The zero-order chi connectivity index (χ0) is 22.6. The fourth-order valence-corrected chi connectivity index (χ4v) is 5.65. The Kier molecular flexibility index (Phi) is 7.51. The molecule has 1 atom stereocenters. The Morgan fingerprint density at radius 1 is 1.13 bits per heavy atom. The van der Waals surface area contributed by atoms with Gasteiger partial charge in [0.15, 0.2) is 12.4 Å². The molecule has 0 spiro atoms. The number of benzene rings is 2. The molecule has 3 rings (SSSR count). The molecule has 1 aliphatic rings. The van der Waals surface area contributed by atoms with Gasteiger partial charge in [0, 0.05) is 18.7 Å². The van der Waals surface area contributed by atoms with Crippen LogP contribution in [0.4, 0.5) is 0 Å². The highest BCUT2D eigenvalue weighted by Crippen LogP contribution is 2.29. The lowest BCUT2D eigenvalue weighted by atomic mass is 10.0. The molecular weight excluding hydrogens is 438 g/mol. The Bertz CT molecular complexity index is 1070. The van der Waals surface area contributed by atoms with Crippen LogP contribution in [-0.2, 0) is 21.2 Å². The number of piperidine rings is 1. The number of hydrogen-bond donors (Lipinski definition) is 0. The molecule has 0 bridgehead atoms. The summed E-state index contributed by atoms with van der Waals surface area (Å²) in [5, 5.41) is 0.0434. The standard InChI is InChI=1S/C23H26ClNO5S/c1-3-17-6-8-18(9-7-17)21(26)15-30-23(27)19-10-11-20(24)22(13-19)31(28,29)25-12-4-5-16(2)14-25/h6-11,13,16H,3-5,12,14-15H2,1-2H3. The number of aryl methyl sites for hydroxylation is 1. The van der Waals surface area contributed by atoms with Crippen LogP contribution in [0.1, 0.15) is 53.0 Å². The van der Waals surface area contributed by atoms with E-state index in [0.717, 1.165) is 24.8 Å². The lowest BCUT2D eigenvalue weighted by Crippen LogP contribution is -2.39. The van der Waals surface area contributed by atoms with Crippen molar-refractivity contribution in [3.63, 3.8) is 0 Å². The van der Waals surface area contributed by atoms with Gasteiger partial charge < -0.3 is 4.74 Å². The molecule has 0 aromatic heterocycles. The van der Waals surface area contributed by atoms with Gasteiger partial charge in [-0.2, -0.15) is 4.31 Å². The Labute approximate surface area is 188 Å². The molecule has 1 heterocycles. The summed E-state index contributed by atoms with van der Waals surface area (Å²) in [6, 6.07) is 11.1. The highest BCUT2D eigenvalue weighted by atomic mass is 35.5. The predicted molar refractivity (Wildman–Crippen MR) is 119 cm³/mol. The SMILES string of the molecule is CCc1ccc(C(=O)COC(=O)c2ccc(Cl)c(S(=O)(=O)N3CCCC(C)C3)c2)cc1. The first kappa shape index (κ1) is 23.4. The third kappa shape index (κ3) is 5.53. The number of halogens is 1. The number of carbonyl (C=O) groups excluding carboxylic acids is 2. The number of ether oxygens (including phenoxy) is 1. The van der Waals surface area contributed by atoms with Crippen molar-refractivity contribution >= 4 is 33.4 Å². The zero-order valence-corrected chi connectivity index (χ0v) is 19.2. The molecule has 8 heteroatoms. The number of ketones is 1. The minimum atomic E-state index is -3.84. The van der Waals surface area contributed by atoms with Gasteiger partial charge in [-0.15, -0.1) is 0 Å². The second kappa shape index (κ2) is 9.94. The molecule has 2 aromatic carbocycles. The van der Waals surface area contributed by atoms with Gasteiger partial charge in [-0.05, 0) is 48.9 Å². The summed E-state index contributed by atoms with van der Waals surface area (Å²) in [5.41, 5.74) is 1.58. The summed E-state index contributed by atoms with van der Waals surface area (Å²) in [7, 11) is -3.84. The molecule has 1 aliphatic heterocycles. The topological polar surface area (TPSA) is 80.8 Å². The van der Waals surface area contributed by atoms with E-state index in [2.05, 4.69) is 0 Å². The van der Waals surface area contributed by atoms with Crippen molar-refractivity contribution in [1.82, 2.24) is 4.31 Å². The van der Waals surface area contributed by atoms with Crippen LogP contribution >= 0.6 is 11.6 Å². The molecular formula is C23H26ClNO5S. The molecule has 0 amide bonds. The Morgan fingerprint density at radius 3 is 2.45 bits per heavy atom. The van der Waals surface area contributed by atoms with E-state index in [1.165, 1.54) is 22.5 Å². The largest absolute Gasteiger partial charge is 0.454 e. The molecule has 1 fully saturated rings. The molecule has 1 unspecified atom stereocenters. The van der Waals surface area contributed by atoms with Crippen LogP contribution in [0, 0.1) is 5.92 Å². The smallest absolute Gasteiger partial charge is 0.338 e. The van der Waals surface area contributed by atoms with E-state index in [9.17, 15) is 18.0 Å². The number of esters is 1. The van der Waals surface area contributed by atoms with Gasteiger partial charge >= 0.3 is 5.97 Å². The molecule has 166 valence electrons. The lowest BCUT2D eigenvalue weighted by molar-refractivity contribution is 0.0474. The molecule has 0 N–H and O–H groups in total. The second-order valence-electron chi connectivity index (χ2n) is 7.81. The van der Waals surface area contributed by atoms with Crippen molar-refractivity contribution in [2.75, 3.05) is 19.7 Å². The van der Waals surface area contributed by atoms with E-state index < -0.39 is 22.6 Å². The van der Waals surface area contributed by atoms with Gasteiger partial charge in [-0.25, -0.2) is 13.2 Å². The van der Waals surface area contributed by atoms with Gasteiger partial charge in [0.2, 0.25) is 10.0 Å². The summed E-state index contributed by atoms with van der Waals surface area (Å²) < 4.78 is 32.7. The van der Waals surface area contributed by atoms with E-state index in [1.807, 2.05) is 26.0 Å². The normalized spacial score (nSPS) is 17.3. The molecule has 0 saturated carbocycles. The van der Waals surface area contributed by atoms with E-state index in [1.54, 1.807) is 12.1 Å². The maximum Gasteiger partial charge on any atom is 0.338 e. The van der Waals surface area contributed by atoms with Crippen molar-refractivity contribution < 1.29 is 22.7 Å². The summed E-state index contributed by atoms with van der Waals surface area (Å²) in [6.07, 6.45) is 2.62. The van der Waals surface area contributed by atoms with Gasteiger partial charge in [0.1, 0.15) is 4.90 Å². The van der Waals surface area contributed by atoms with Crippen molar-refractivity contribution in [2.45, 2.75) is 38.0 Å². The summed E-state index contributed by atoms with van der Waals surface area (Å²) in [5.74, 6) is -0.855. The fourth-order valence-electron chi connectivity index (χ4n) is 3.56. The summed E-state index contributed by atoms with van der Waals surface area (Å²) in [4.78, 5) is 24.6. The Hall–Kier alpha value is -2.22. The molecule has 2 aromatic rings. The van der Waals surface area contributed by atoms with E-state index in [0.29, 0.717) is 18.7 Å². The van der Waals surface area contributed by atoms with Crippen molar-refractivity contribution in [3.8, 4) is 0 Å². The first-order valence-corrected chi connectivity index (χ1v) is 12.1. The van der Waals surface area contributed by atoms with Crippen LogP contribution in [-0.4, -0.2) is 44.2 Å². The average Bonchev–Trinajstić information content (AvgIpc) is 2.77. The minimum Gasteiger partial charge on any atom is -0.454 e. The summed E-state index contributed by atoms with van der Waals surface area (Å²) in [6.45, 7) is 4.43. The first-order valence-electron chi connectivity index (χ1n) is 10.3. The van der Waals surface area contributed by atoms with Crippen LogP contribution in [0.25, 0.3) is 0 Å². The fraction of sp³-hybridized carbons (Fsp3) is 0.391. The zero-order valence-electron chi connectivity index (χ0n) is 17.6. The maximum absolute atomic E-state index is 13.1. The van der Waals surface area contributed by atoms with E-state index >= 15 is 0 Å². The Balaban J connectivity index is 1.72. The van der Waals surface area contributed by atoms with E-state index in [-0.39, 0.29) is 27.2 Å². The number of rotatable bonds is 7. The quantitative estimate of drug-likeness (QED) is 0.450. The van der Waals surface area contributed by atoms with Crippen LogP contribution in [0.5, 0.6) is 0 Å². The number of Topliss-reactive ketones (excluding diaryl/α,β-unsaturated/α-hetero) is 1. The highest BCUT2D eigenvalue weighted by Gasteiger charge is 2.31. The third-order valence-electron chi connectivity index (χ3n) is 5.42. The van der Waals surface area contributed by atoms with Crippen LogP contribution in [0.15, 0.2) is 47.4 Å². The van der Waals surface area contributed by atoms with Crippen molar-refractivity contribution in [1.29, 1.82) is 0 Å². The van der Waals surface area contributed by atoms with Crippen LogP contribution in [0.3, 0.4) is 0 Å². The lowest BCUT2D eigenvalue weighted by Gasteiger charge is -2.30. The Morgan fingerprint density at radius 2 is 1.81 bits per heavy atom. The van der Waals surface area contributed by atoms with Crippen molar-refractivity contribution in [2.24, 2.45) is 5.92 Å². The van der Waals surface area contributed by atoms with Gasteiger partial charge in [0.05, 0.1) is 10.6 Å². The molecule has 0 aliphatic carbocycles. The van der Waals surface area contributed by atoms with Gasteiger partial charge in [-0.1, -0.05) is 49.7 Å². The predicted octanol–water partition coefficient (Wildman–Crippen LogP) is 4.36. The number of hydrogen-bond acceptors (Lipinski definition) is 5. The second-order valence-corrected chi connectivity index (χ2v) is 10.1. The third-order valence-corrected chi connectivity index (χ3v) is 7.77. The van der Waals surface area contributed by atoms with Gasteiger partial charge in [-0.3, -0.25) is 4.79 Å². The van der Waals surface area contributed by atoms with Crippen LogP contribution in [0.2, 0.25) is 5.02 Å².